The molecule has 18 heavy (non-hydrogen) atoms. The summed E-state index contributed by atoms with van der Waals surface area (Å²) in [6.45, 7) is 4.11. The van der Waals surface area contributed by atoms with E-state index in [1.807, 2.05) is 24.3 Å². The summed E-state index contributed by atoms with van der Waals surface area (Å²) in [5, 5.41) is 11.0. The SMILES string of the molecule is CCOC(=O)c1nnnn1-c1ccc(CC)cc1. The molecule has 0 N–H and O–H groups in total. The minimum Gasteiger partial charge on any atom is -0.460 e. The Morgan fingerprint density at radius 1 is 1.28 bits per heavy atom. The summed E-state index contributed by atoms with van der Waals surface area (Å²) >= 11 is 0. The Labute approximate surface area is 105 Å². The number of ether oxygens (including phenoxy) is 1. The van der Waals surface area contributed by atoms with Gasteiger partial charge in [0.25, 0.3) is 5.82 Å². The van der Waals surface area contributed by atoms with Gasteiger partial charge in [-0.05, 0) is 41.5 Å². The van der Waals surface area contributed by atoms with Crippen molar-refractivity contribution < 1.29 is 9.53 Å². The van der Waals surface area contributed by atoms with E-state index < -0.39 is 5.97 Å². The molecule has 94 valence electrons. The molecule has 0 aliphatic carbocycles. The molecule has 0 unspecified atom stereocenters. The molecule has 0 aliphatic rings. The predicted octanol–water partition coefficient (Wildman–Crippen LogP) is 1.40. The molecular formula is C12H14N4O2. The first-order chi connectivity index (χ1) is 8.76. The summed E-state index contributed by atoms with van der Waals surface area (Å²) in [7, 11) is 0. The topological polar surface area (TPSA) is 69.9 Å². The third-order valence-electron chi connectivity index (χ3n) is 2.52. The third kappa shape index (κ3) is 2.37. The lowest BCUT2D eigenvalue weighted by molar-refractivity contribution is 0.0508. The van der Waals surface area contributed by atoms with Crippen molar-refractivity contribution in [2.24, 2.45) is 0 Å². The van der Waals surface area contributed by atoms with E-state index >= 15 is 0 Å². The van der Waals surface area contributed by atoms with E-state index in [2.05, 4.69) is 22.4 Å². The number of carbonyl (C=O) groups excluding carboxylic acids is 1. The molecule has 6 heteroatoms. The van der Waals surface area contributed by atoms with Crippen LogP contribution >= 0.6 is 0 Å². The van der Waals surface area contributed by atoms with Gasteiger partial charge >= 0.3 is 5.97 Å². The zero-order chi connectivity index (χ0) is 13.0. The van der Waals surface area contributed by atoms with Crippen LogP contribution in [0.3, 0.4) is 0 Å². The summed E-state index contributed by atoms with van der Waals surface area (Å²) in [5.74, 6) is -0.442. The Balaban J connectivity index is 2.32. The van der Waals surface area contributed by atoms with Crippen molar-refractivity contribution in [3.8, 4) is 5.69 Å². The van der Waals surface area contributed by atoms with Crippen LogP contribution in [-0.2, 0) is 11.2 Å². The van der Waals surface area contributed by atoms with Crippen LogP contribution in [0.1, 0.15) is 30.0 Å². The van der Waals surface area contributed by atoms with E-state index in [1.165, 1.54) is 10.2 Å². The fourth-order valence-corrected chi connectivity index (χ4v) is 1.56. The van der Waals surface area contributed by atoms with Crippen molar-refractivity contribution in [2.45, 2.75) is 20.3 Å². The normalized spacial score (nSPS) is 10.3. The Kier molecular flexibility index (Phi) is 3.66. The molecule has 0 fully saturated rings. The Hall–Kier alpha value is -2.24. The summed E-state index contributed by atoms with van der Waals surface area (Å²) in [6.07, 6.45) is 0.959. The molecule has 0 radical (unpaired) electrons. The Morgan fingerprint density at radius 3 is 2.61 bits per heavy atom. The molecule has 0 bridgehead atoms. The third-order valence-corrected chi connectivity index (χ3v) is 2.52. The van der Waals surface area contributed by atoms with E-state index in [-0.39, 0.29) is 5.82 Å². The summed E-state index contributed by atoms with van der Waals surface area (Å²) in [5.41, 5.74) is 1.95. The fraction of sp³-hybridized carbons (Fsp3) is 0.333. The number of rotatable bonds is 4. The number of aryl methyl sites for hydroxylation is 1. The van der Waals surface area contributed by atoms with Crippen molar-refractivity contribution >= 4 is 5.97 Å². The molecular weight excluding hydrogens is 232 g/mol. The van der Waals surface area contributed by atoms with Crippen molar-refractivity contribution in [3.05, 3.63) is 35.7 Å². The highest BCUT2D eigenvalue weighted by Gasteiger charge is 2.17. The number of hydrogen-bond acceptors (Lipinski definition) is 5. The molecule has 0 amide bonds. The summed E-state index contributed by atoms with van der Waals surface area (Å²) in [4.78, 5) is 11.6. The number of benzene rings is 1. The van der Waals surface area contributed by atoms with Gasteiger partial charge in [0, 0.05) is 0 Å². The fourth-order valence-electron chi connectivity index (χ4n) is 1.56. The van der Waals surface area contributed by atoms with Gasteiger partial charge in [0.05, 0.1) is 12.3 Å². The van der Waals surface area contributed by atoms with Crippen LogP contribution in [0.5, 0.6) is 0 Å². The van der Waals surface area contributed by atoms with E-state index in [4.69, 9.17) is 4.74 Å². The van der Waals surface area contributed by atoms with E-state index in [0.717, 1.165) is 12.1 Å². The van der Waals surface area contributed by atoms with Crippen LogP contribution in [-0.4, -0.2) is 32.8 Å². The van der Waals surface area contributed by atoms with Crippen LogP contribution in [0, 0.1) is 0 Å². The number of hydrogen-bond donors (Lipinski definition) is 0. The lowest BCUT2D eigenvalue weighted by Crippen LogP contribution is -2.13. The molecule has 0 saturated heterocycles. The number of esters is 1. The van der Waals surface area contributed by atoms with Gasteiger partial charge in [-0.25, -0.2) is 4.79 Å². The number of nitrogens with zero attached hydrogens (tertiary/aromatic N) is 4. The van der Waals surface area contributed by atoms with Gasteiger partial charge < -0.3 is 4.74 Å². The molecule has 1 aromatic heterocycles. The van der Waals surface area contributed by atoms with Gasteiger partial charge in [0.1, 0.15) is 0 Å². The van der Waals surface area contributed by atoms with Gasteiger partial charge in [-0.15, -0.1) is 5.10 Å². The van der Waals surface area contributed by atoms with Crippen molar-refractivity contribution in [1.82, 2.24) is 20.2 Å². The molecule has 6 nitrogen and oxygen atoms in total. The highest BCUT2D eigenvalue weighted by atomic mass is 16.5. The Bertz CT molecular complexity index is 533. The van der Waals surface area contributed by atoms with Gasteiger partial charge in [0.2, 0.25) is 0 Å². The maximum Gasteiger partial charge on any atom is 0.378 e. The van der Waals surface area contributed by atoms with Gasteiger partial charge in [-0.3, -0.25) is 0 Å². The molecule has 1 aromatic carbocycles. The second-order valence-electron chi connectivity index (χ2n) is 3.65. The maximum absolute atomic E-state index is 11.6. The summed E-state index contributed by atoms with van der Waals surface area (Å²) < 4.78 is 6.26. The van der Waals surface area contributed by atoms with Crippen molar-refractivity contribution in [3.63, 3.8) is 0 Å². The minimum atomic E-state index is -0.526. The molecule has 0 aliphatic heterocycles. The van der Waals surface area contributed by atoms with E-state index in [0.29, 0.717) is 6.61 Å². The first-order valence-electron chi connectivity index (χ1n) is 5.81. The zero-order valence-electron chi connectivity index (χ0n) is 10.3. The molecule has 2 aromatic rings. The van der Waals surface area contributed by atoms with Gasteiger partial charge in [0.15, 0.2) is 0 Å². The van der Waals surface area contributed by atoms with Crippen LogP contribution in [0.2, 0.25) is 0 Å². The van der Waals surface area contributed by atoms with Crippen LogP contribution in [0.15, 0.2) is 24.3 Å². The quantitative estimate of drug-likeness (QED) is 0.763. The molecule has 2 rings (SSSR count). The largest absolute Gasteiger partial charge is 0.460 e. The average molecular weight is 246 g/mol. The monoisotopic (exact) mass is 246 g/mol. The molecule has 0 atom stereocenters. The minimum absolute atomic E-state index is 0.0844. The lowest BCUT2D eigenvalue weighted by atomic mass is 10.1. The standard InChI is InChI=1S/C12H14N4O2/c1-3-9-5-7-10(8-6-9)16-11(13-14-15-16)12(17)18-4-2/h5-8H,3-4H2,1-2H3. The van der Waals surface area contributed by atoms with Crippen LogP contribution < -0.4 is 0 Å². The van der Waals surface area contributed by atoms with Gasteiger partial charge in [-0.2, -0.15) is 4.68 Å². The smallest absolute Gasteiger partial charge is 0.378 e. The number of aromatic nitrogens is 4. The maximum atomic E-state index is 11.6. The number of tetrazole rings is 1. The van der Waals surface area contributed by atoms with Gasteiger partial charge in [-0.1, -0.05) is 19.1 Å². The number of carbonyl (C=O) groups is 1. The molecule has 0 saturated carbocycles. The molecule has 1 heterocycles. The summed E-state index contributed by atoms with van der Waals surface area (Å²) in [6, 6.07) is 7.70. The first kappa shape index (κ1) is 12.2. The highest BCUT2D eigenvalue weighted by molar-refractivity contribution is 5.85. The first-order valence-corrected chi connectivity index (χ1v) is 5.81. The van der Waals surface area contributed by atoms with E-state index in [1.54, 1.807) is 6.92 Å². The van der Waals surface area contributed by atoms with Crippen molar-refractivity contribution in [1.29, 1.82) is 0 Å². The van der Waals surface area contributed by atoms with Crippen LogP contribution in [0.4, 0.5) is 0 Å². The average Bonchev–Trinajstić information content (AvgIpc) is 2.88. The lowest BCUT2D eigenvalue weighted by Gasteiger charge is -2.04. The second-order valence-corrected chi connectivity index (χ2v) is 3.65. The predicted molar refractivity (Wildman–Crippen MR) is 64.5 cm³/mol. The second kappa shape index (κ2) is 5.39. The zero-order valence-corrected chi connectivity index (χ0v) is 10.3. The van der Waals surface area contributed by atoms with Crippen molar-refractivity contribution in [2.75, 3.05) is 6.61 Å². The Morgan fingerprint density at radius 2 is 2.00 bits per heavy atom. The highest BCUT2D eigenvalue weighted by Crippen LogP contribution is 2.11. The van der Waals surface area contributed by atoms with Crippen LogP contribution in [0.25, 0.3) is 5.69 Å². The molecule has 0 spiro atoms. The van der Waals surface area contributed by atoms with E-state index in [9.17, 15) is 4.79 Å².